The van der Waals surface area contributed by atoms with Crippen molar-refractivity contribution in [2.24, 2.45) is 0 Å². The Hall–Kier alpha value is -0.610. The first-order valence-corrected chi connectivity index (χ1v) is 4.46. The summed E-state index contributed by atoms with van der Waals surface area (Å²) in [7, 11) is 0. The largest absolute Gasteiger partial charge is 0.362 e. The second kappa shape index (κ2) is 3.03. The van der Waals surface area contributed by atoms with Gasteiger partial charge in [0.25, 0.3) is 5.91 Å². The van der Waals surface area contributed by atoms with E-state index in [2.05, 4.69) is 10.6 Å². The van der Waals surface area contributed by atoms with Crippen molar-refractivity contribution in [3.8, 4) is 0 Å². The van der Waals surface area contributed by atoms with Crippen LogP contribution in [0.5, 0.6) is 0 Å². The van der Waals surface area contributed by atoms with E-state index in [1.165, 1.54) is 0 Å². The summed E-state index contributed by atoms with van der Waals surface area (Å²) in [5.74, 6) is 0.0564. The van der Waals surface area contributed by atoms with Gasteiger partial charge in [-0.15, -0.1) is 0 Å². The van der Waals surface area contributed by atoms with Gasteiger partial charge in [-0.25, -0.2) is 0 Å². The predicted molar refractivity (Wildman–Crippen MR) is 43.8 cm³/mol. The van der Waals surface area contributed by atoms with Gasteiger partial charge in [-0.05, 0) is 19.4 Å². The van der Waals surface area contributed by atoms with Crippen LogP contribution in [0.3, 0.4) is 0 Å². The molecule has 4 nitrogen and oxygen atoms in total. The molecule has 0 radical (unpaired) electrons. The van der Waals surface area contributed by atoms with Crippen molar-refractivity contribution in [1.82, 2.24) is 10.6 Å². The number of carbonyl (C=O) groups excluding carboxylic acids is 1. The number of carbonyl (C=O) groups is 1. The molecule has 4 heteroatoms. The molecule has 0 aromatic heterocycles. The van der Waals surface area contributed by atoms with E-state index in [0.717, 1.165) is 19.4 Å². The topological polar surface area (TPSA) is 50.4 Å². The molecule has 0 unspecified atom stereocenters. The van der Waals surface area contributed by atoms with Gasteiger partial charge in [0, 0.05) is 13.1 Å². The normalized spacial score (nSPS) is 36.5. The Bertz CT molecular complexity index is 179. The highest BCUT2D eigenvalue weighted by Gasteiger charge is 2.42. The maximum Gasteiger partial charge on any atom is 0.253 e. The molecular weight excluding hydrogens is 156 g/mol. The monoisotopic (exact) mass is 170 g/mol. The van der Waals surface area contributed by atoms with Crippen molar-refractivity contribution in [2.45, 2.75) is 18.4 Å². The number of nitrogens with one attached hydrogen (secondary N) is 2. The molecule has 2 aliphatic heterocycles. The fourth-order valence-electron chi connectivity index (χ4n) is 1.83. The maximum atomic E-state index is 11.5. The molecule has 0 aromatic carbocycles. The average molecular weight is 170 g/mol. The predicted octanol–water partition coefficient (Wildman–Crippen LogP) is -0.745. The molecule has 1 atom stereocenters. The smallest absolute Gasteiger partial charge is 0.253 e. The molecule has 2 N–H and O–H groups in total. The van der Waals surface area contributed by atoms with Gasteiger partial charge in [-0.3, -0.25) is 4.79 Å². The van der Waals surface area contributed by atoms with E-state index in [0.29, 0.717) is 19.7 Å². The molecule has 12 heavy (non-hydrogen) atoms. The van der Waals surface area contributed by atoms with Crippen molar-refractivity contribution in [3.63, 3.8) is 0 Å². The van der Waals surface area contributed by atoms with Crippen molar-refractivity contribution in [3.05, 3.63) is 0 Å². The number of piperidine rings is 1. The van der Waals surface area contributed by atoms with Crippen LogP contribution in [0.2, 0.25) is 0 Å². The zero-order valence-corrected chi connectivity index (χ0v) is 7.06. The molecule has 2 aliphatic rings. The number of amides is 1. The van der Waals surface area contributed by atoms with Crippen molar-refractivity contribution >= 4 is 5.91 Å². The number of rotatable bonds is 0. The lowest BCUT2D eigenvalue weighted by molar-refractivity contribution is -0.157. The minimum absolute atomic E-state index is 0.0564. The second-order valence-electron chi connectivity index (χ2n) is 3.38. The standard InChI is InChI=1S/C8H14N2O2/c11-7-8(12-5-4-10-7)2-1-3-9-6-8/h9H,1-6H2,(H,10,11)/t8-/m0/s1. The van der Waals surface area contributed by atoms with Gasteiger partial charge < -0.3 is 15.4 Å². The van der Waals surface area contributed by atoms with Crippen LogP contribution < -0.4 is 10.6 Å². The highest BCUT2D eigenvalue weighted by atomic mass is 16.5. The molecular formula is C8H14N2O2. The Labute approximate surface area is 71.7 Å². The molecule has 2 fully saturated rings. The summed E-state index contributed by atoms with van der Waals surface area (Å²) in [6.07, 6.45) is 1.87. The van der Waals surface area contributed by atoms with Crippen LogP contribution in [-0.4, -0.2) is 37.7 Å². The van der Waals surface area contributed by atoms with Gasteiger partial charge in [0.1, 0.15) is 0 Å². The fourth-order valence-corrected chi connectivity index (χ4v) is 1.83. The number of morpholine rings is 1. The molecule has 1 spiro atoms. The first-order chi connectivity index (χ1) is 5.83. The fraction of sp³-hybridized carbons (Fsp3) is 0.875. The third-order valence-electron chi connectivity index (χ3n) is 2.52. The lowest BCUT2D eigenvalue weighted by atomic mass is 9.92. The van der Waals surface area contributed by atoms with Gasteiger partial charge >= 0.3 is 0 Å². The molecule has 2 rings (SSSR count). The highest BCUT2D eigenvalue weighted by molar-refractivity contribution is 5.86. The summed E-state index contributed by atoms with van der Waals surface area (Å²) >= 11 is 0. The van der Waals surface area contributed by atoms with Gasteiger partial charge in [0.2, 0.25) is 0 Å². The second-order valence-corrected chi connectivity index (χ2v) is 3.38. The van der Waals surface area contributed by atoms with E-state index in [4.69, 9.17) is 4.74 Å². The Morgan fingerprint density at radius 1 is 1.42 bits per heavy atom. The molecule has 1 amide bonds. The Kier molecular flexibility index (Phi) is 2.02. The van der Waals surface area contributed by atoms with Crippen LogP contribution >= 0.6 is 0 Å². The quantitative estimate of drug-likeness (QED) is 0.503. The summed E-state index contributed by atoms with van der Waals surface area (Å²) in [5.41, 5.74) is -0.545. The lowest BCUT2D eigenvalue weighted by Gasteiger charge is -2.38. The number of hydrogen-bond donors (Lipinski definition) is 2. The Balaban J connectivity index is 2.09. The summed E-state index contributed by atoms with van der Waals surface area (Å²) in [5, 5.41) is 6.03. The van der Waals surface area contributed by atoms with E-state index in [9.17, 15) is 4.79 Å². The van der Waals surface area contributed by atoms with Crippen LogP contribution in [0.15, 0.2) is 0 Å². The van der Waals surface area contributed by atoms with E-state index >= 15 is 0 Å². The lowest BCUT2D eigenvalue weighted by Crippen LogP contribution is -2.61. The zero-order valence-electron chi connectivity index (χ0n) is 7.06. The average Bonchev–Trinajstić information content (AvgIpc) is 2.12. The summed E-state index contributed by atoms with van der Waals surface area (Å²) < 4.78 is 5.54. The van der Waals surface area contributed by atoms with E-state index in [1.807, 2.05) is 0 Å². The van der Waals surface area contributed by atoms with Crippen LogP contribution in [0.25, 0.3) is 0 Å². The minimum atomic E-state index is -0.545. The Morgan fingerprint density at radius 2 is 2.33 bits per heavy atom. The molecule has 68 valence electrons. The van der Waals surface area contributed by atoms with E-state index in [1.54, 1.807) is 0 Å². The molecule has 0 saturated carbocycles. The van der Waals surface area contributed by atoms with Crippen molar-refractivity contribution < 1.29 is 9.53 Å². The molecule has 0 aliphatic carbocycles. The summed E-state index contributed by atoms with van der Waals surface area (Å²) in [4.78, 5) is 11.5. The van der Waals surface area contributed by atoms with Gasteiger partial charge in [0.05, 0.1) is 6.61 Å². The third-order valence-corrected chi connectivity index (χ3v) is 2.52. The van der Waals surface area contributed by atoms with E-state index < -0.39 is 5.60 Å². The third kappa shape index (κ3) is 1.21. The first kappa shape index (κ1) is 8.01. The van der Waals surface area contributed by atoms with E-state index in [-0.39, 0.29) is 5.91 Å². The van der Waals surface area contributed by atoms with Crippen LogP contribution in [0, 0.1) is 0 Å². The van der Waals surface area contributed by atoms with Crippen LogP contribution in [0.4, 0.5) is 0 Å². The zero-order chi connectivity index (χ0) is 8.44. The Morgan fingerprint density at radius 3 is 3.00 bits per heavy atom. The number of hydrogen-bond acceptors (Lipinski definition) is 3. The van der Waals surface area contributed by atoms with Gasteiger partial charge in [-0.1, -0.05) is 0 Å². The first-order valence-electron chi connectivity index (χ1n) is 4.46. The van der Waals surface area contributed by atoms with Gasteiger partial charge in [-0.2, -0.15) is 0 Å². The molecule has 0 aromatic rings. The summed E-state index contributed by atoms with van der Waals surface area (Å²) in [6, 6.07) is 0. The molecule has 2 heterocycles. The number of ether oxygens (including phenoxy) is 1. The molecule has 0 bridgehead atoms. The highest BCUT2D eigenvalue weighted by Crippen LogP contribution is 2.22. The molecule has 2 saturated heterocycles. The van der Waals surface area contributed by atoms with Gasteiger partial charge in [0.15, 0.2) is 5.60 Å². The minimum Gasteiger partial charge on any atom is -0.362 e. The van der Waals surface area contributed by atoms with Crippen LogP contribution in [0.1, 0.15) is 12.8 Å². The van der Waals surface area contributed by atoms with Crippen molar-refractivity contribution in [1.29, 1.82) is 0 Å². The maximum absolute atomic E-state index is 11.5. The van der Waals surface area contributed by atoms with Crippen LogP contribution in [-0.2, 0) is 9.53 Å². The summed E-state index contributed by atoms with van der Waals surface area (Å²) in [6.45, 7) is 2.96. The van der Waals surface area contributed by atoms with Crippen molar-refractivity contribution in [2.75, 3.05) is 26.2 Å². The SMILES string of the molecule is O=C1NCCO[C@]12CCCNC2.